The molecule has 0 aromatic carbocycles. The molecule has 0 radical (unpaired) electrons. The Morgan fingerprint density at radius 3 is 2.56 bits per heavy atom. The second-order valence-corrected chi connectivity index (χ2v) is 11.1. The van der Waals surface area contributed by atoms with Crippen LogP contribution < -0.4 is 5.32 Å². The maximum Gasteiger partial charge on any atom is 0.271 e. The van der Waals surface area contributed by atoms with Crippen LogP contribution in [0.2, 0.25) is 0 Å². The number of carbonyl (C=O) groups excluding carboxylic acids is 1. The number of hydrogen-bond donors (Lipinski definition) is 1. The van der Waals surface area contributed by atoms with Crippen molar-refractivity contribution in [1.82, 2.24) is 20.0 Å². The van der Waals surface area contributed by atoms with E-state index >= 15 is 0 Å². The van der Waals surface area contributed by atoms with Gasteiger partial charge in [0.25, 0.3) is 5.91 Å². The van der Waals surface area contributed by atoms with Gasteiger partial charge in [-0.1, -0.05) is 0 Å². The summed E-state index contributed by atoms with van der Waals surface area (Å²) >= 11 is 0. The fourth-order valence-corrected chi connectivity index (χ4v) is 5.98. The molecule has 4 rings (SSSR count). The lowest BCUT2D eigenvalue weighted by atomic mass is 10.0. The molecule has 3 heterocycles. The van der Waals surface area contributed by atoms with Gasteiger partial charge in [0.1, 0.15) is 5.69 Å². The fraction of sp³-hybridized carbons (Fsp3) is 0.789. The number of sulfone groups is 1. The Morgan fingerprint density at radius 2 is 1.96 bits per heavy atom. The van der Waals surface area contributed by atoms with Crippen LogP contribution in [0.15, 0.2) is 6.07 Å². The Morgan fingerprint density at radius 1 is 1.26 bits per heavy atom. The summed E-state index contributed by atoms with van der Waals surface area (Å²) in [4.78, 5) is 15.2. The summed E-state index contributed by atoms with van der Waals surface area (Å²) < 4.78 is 25.6. The number of nitrogens with zero attached hydrogens (tertiary/aromatic N) is 3. The molecule has 1 aromatic heterocycles. The molecule has 2 saturated heterocycles. The number of nitrogens with one attached hydrogen (secondary N) is 1. The van der Waals surface area contributed by atoms with Crippen molar-refractivity contribution in [2.24, 2.45) is 0 Å². The van der Waals surface area contributed by atoms with E-state index in [1.165, 1.54) is 12.8 Å². The topological polar surface area (TPSA) is 84.3 Å². The van der Waals surface area contributed by atoms with Crippen molar-refractivity contribution in [3.63, 3.8) is 0 Å². The highest BCUT2D eigenvalue weighted by molar-refractivity contribution is 7.91. The average Bonchev–Trinajstić information content (AvgIpc) is 3.04. The lowest BCUT2D eigenvalue weighted by Crippen LogP contribution is -2.50. The highest BCUT2D eigenvalue weighted by Crippen LogP contribution is 2.42. The van der Waals surface area contributed by atoms with Gasteiger partial charge in [-0.05, 0) is 65.1 Å². The Hall–Kier alpha value is -1.41. The number of hydrogen-bond acceptors (Lipinski definition) is 5. The van der Waals surface area contributed by atoms with E-state index in [1.54, 1.807) is 0 Å². The van der Waals surface area contributed by atoms with Gasteiger partial charge in [0.15, 0.2) is 9.84 Å². The first-order chi connectivity index (χ1) is 12.8. The highest BCUT2D eigenvalue weighted by Gasteiger charge is 2.36. The van der Waals surface area contributed by atoms with E-state index in [-0.39, 0.29) is 29.0 Å². The number of rotatable bonds is 6. The summed E-state index contributed by atoms with van der Waals surface area (Å²) in [5.74, 6) is 0.608. The van der Waals surface area contributed by atoms with E-state index in [4.69, 9.17) is 0 Å². The van der Waals surface area contributed by atoms with Crippen LogP contribution in [0.3, 0.4) is 0 Å². The minimum atomic E-state index is -2.98. The summed E-state index contributed by atoms with van der Waals surface area (Å²) in [5, 5.41) is 7.59. The minimum Gasteiger partial charge on any atom is -0.349 e. The minimum absolute atomic E-state index is 0.0758. The first kappa shape index (κ1) is 18.9. The number of likely N-dealkylation sites (tertiary alicyclic amines) is 1. The summed E-state index contributed by atoms with van der Waals surface area (Å²) in [7, 11) is -2.98. The fourth-order valence-electron chi connectivity index (χ4n) is 4.29. The Labute approximate surface area is 161 Å². The third kappa shape index (κ3) is 4.06. The third-order valence-electron chi connectivity index (χ3n) is 6.19. The Kier molecular flexibility index (Phi) is 4.83. The smallest absolute Gasteiger partial charge is 0.271 e. The molecule has 1 aliphatic carbocycles. The zero-order chi connectivity index (χ0) is 19.2. The average molecular weight is 395 g/mol. The molecule has 27 heavy (non-hydrogen) atoms. The van der Waals surface area contributed by atoms with Crippen LogP contribution >= 0.6 is 0 Å². The second kappa shape index (κ2) is 6.88. The molecule has 1 atom stereocenters. The SMILES string of the molecule is CC(C)(CNC(=O)c1cc(C2CC2)n(C2CCS(=O)(=O)C2)n1)N1CCCC1. The first-order valence-corrected chi connectivity index (χ1v) is 11.9. The van der Waals surface area contributed by atoms with E-state index in [9.17, 15) is 13.2 Å². The van der Waals surface area contributed by atoms with Crippen molar-refractivity contribution in [2.45, 2.75) is 63.5 Å². The molecular weight excluding hydrogens is 364 g/mol. The molecule has 2 aliphatic heterocycles. The predicted octanol–water partition coefficient (Wildman–Crippen LogP) is 1.72. The molecule has 7 nitrogen and oxygen atoms in total. The van der Waals surface area contributed by atoms with Crippen LogP contribution in [0.5, 0.6) is 0 Å². The number of aromatic nitrogens is 2. The summed E-state index contributed by atoms with van der Waals surface area (Å²) in [6, 6.07) is 1.74. The zero-order valence-corrected chi connectivity index (χ0v) is 17.1. The van der Waals surface area contributed by atoms with E-state index < -0.39 is 9.84 Å². The lowest BCUT2D eigenvalue weighted by molar-refractivity contribution is 0.0896. The van der Waals surface area contributed by atoms with E-state index in [0.29, 0.717) is 24.6 Å². The molecule has 1 N–H and O–H groups in total. The van der Waals surface area contributed by atoms with Gasteiger partial charge in [-0.15, -0.1) is 0 Å². The van der Waals surface area contributed by atoms with Crippen molar-refractivity contribution >= 4 is 15.7 Å². The van der Waals surface area contributed by atoms with Crippen LogP contribution in [-0.4, -0.2) is 65.7 Å². The first-order valence-electron chi connectivity index (χ1n) is 10.1. The van der Waals surface area contributed by atoms with Crippen molar-refractivity contribution in [1.29, 1.82) is 0 Å². The van der Waals surface area contributed by atoms with Crippen molar-refractivity contribution < 1.29 is 13.2 Å². The van der Waals surface area contributed by atoms with E-state index in [0.717, 1.165) is 31.6 Å². The van der Waals surface area contributed by atoms with Crippen molar-refractivity contribution in [3.05, 3.63) is 17.5 Å². The van der Waals surface area contributed by atoms with Crippen LogP contribution in [0.25, 0.3) is 0 Å². The largest absolute Gasteiger partial charge is 0.349 e. The quantitative estimate of drug-likeness (QED) is 0.794. The molecule has 1 saturated carbocycles. The standard InChI is InChI=1S/C19H30N4O3S/c1-19(2,22-8-3-4-9-22)13-20-18(24)16-11-17(14-5-6-14)23(21-16)15-7-10-27(25,26)12-15/h11,14-15H,3-10,12-13H2,1-2H3,(H,20,24). The molecule has 3 fully saturated rings. The molecule has 1 aromatic rings. The summed E-state index contributed by atoms with van der Waals surface area (Å²) in [6.45, 7) is 7.07. The van der Waals surface area contributed by atoms with Crippen molar-refractivity contribution in [3.8, 4) is 0 Å². The highest BCUT2D eigenvalue weighted by atomic mass is 32.2. The summed E-state index contributed by atoms with van der Waals surface area (Å²) in [6.07, 6.45) is 5.21. The van der Waals surface area contributed by atoms with Gasteiger partial charge in [0, 0.05) is 23.7 Å². The van der Waals surface area contributed by atoms with Crippen molar-refractivity contribution in [2.75, 3.05) is 31.1 Å². The Balaban J connectivity index is 1.47. The molecule has 0 spiro atoms. The van der Waals surface area contributed by atoms with Gasteiger partial charge in [-0.2, -0.15) is 5.10 Å². The van der Waals surface area contributed by atoms with Gasteiger partial charge in [-0.3, -0.25) is 14.4 Å². The number of amides is 1. The van der Waals surface area contributed by atoms with Crippen LogP contribution in [-0.2, 0) is 9.84 Å². The third-order valence-corrected chi connectivity index (χ3v) is 7.94. The number of carbonyl (C=O) groups is 1. The maximum absolute atomic E-state index is 12.7. The van der Waals surface area contributed by atoms with Crippen LogP contribution in [0, 0.1) is 0 Å². The van der Waals surface area contributed by atoms with E-state index in [1.807, 2.05) is 10.7 Å². The molecule has 1 amide bonds. The van der Waals surface area contributed by atoms with Crippen LogP contribution in [0.4, 0.5) is 0 Å². The molecule has 150 valence electrons. The molecule has 0 bridgehead atoms. The second-order valence-electron chi connectivity index (χ2n) is 8.92. The van der Waals surface area contributed by atoms with Gasteiger partial charge >= 0.3 is 0 Å². The maximum atomic E-state index is 12.7. The monoisotopic (exact) mass is 394 g/mol. The zero-order valence-electron chi connectivity index (χ0n) is 16.3. The van der Waals surface area contributed by atoms with Gasteiger partial charge < -0.3 is 5.32 Å². The molecule has 1 unspecified atom stereocenters. The van der Waals surface area contributed by atoms with Gasteiger partial charge in [0.05, 0.1) is 17.5 Å². The molecule has 3 aliphatic rings. The van der Waals surface area contributed by atoms with E-state index in [2.05, 4.69) is 29.2 Å². The normalized spacial score (nSPS) is 25.8. The summed E-state index contributed by atoms with van der Waals surface area (Å²) in [5.41, 5.74) is 1.37. The molecule has 8 heteroatoms. The molecular formula is C19H30N4O3S. The predicted molar refractivity (Wildman–Crippen MR) is 104 cm³/mol. The van der Waals surface area contributed by atoms with Crippen LogP contribution in [0.1, 0.15) is 74.1 Å². The van der Waals surface area contributed by atoms with Gasteiger partial charge in [-0.25, -0.2) is 8.42 Å². The lowest BCUT2D eigenvalue weighted by Gasteiger charge is -2.35. The van der Waals surface area contributed by atoms with Gasteiger partial charge in [0.2, 0.25) is 0 Å². The Bertz CT molecular complexity index is 820.